The zero-order valence-corrected chi connectivity index (χ0v) is 27.7. The lowest BCUT2D eigenvalue weighted by atomic mass is 9.85. The van der Waals surface area contributed by atoms with Gasteiger partial charge < -0.3 is 30.5 Å². The molecule has 2 aromatic rings. The molecule has 2 heterocycles. The normalized spacial score (nSPS) is 24.0. The number of rotatable bonds is 12. The minimum absolute atomic E-state index is 0.0237. The summed E-state index contributed by atoms with van der Waals surface area (Å²) in [5.41, 5.74) is 7.00. The molecule has 4 N–H and O–H groups in total. The van der Waals surface area contributed by atoms with E-state index < -0.39 is 29.5 Å². The van der Waals surface area contributed by atoms with Crippen LogP contribution >= 0.6 is 0 Å². The zero-order chi connectivity index (χ0) is 32.9. The van der Waals surface area contributed by atoms with Crippen LogP contribution in [-0.4, -0.2) is 69.7 Å². The van der Waals surface area contributed by atoms with E-state index in [0.29, 0.717) is 42.3 Å². The molecule has 1 saturated heterocycles. The summed E-state index contributed by atoms with van der Waals surface area (Å²) in [5.74, 6) is 0.486. The second kappa shape index (κ2) is 14.6. The topological polar surface area (TPSA) is 157 Å². The van der Waals surface area contributed by atoms with Crippen LogP contribution in [0.25, 0.3) is 11.0 Å². The number of aromatic nitrogens is 2. The number of primary amides is 1. The predicted molar refractivity (Wildman–Crippen MR) is 172 cm³/mol. The van der Waals surface area contributed by atoms with Crippen LogP contribution in [0.15, 0.2) is 18.2 Å². The highest BCUT2D eigenvalue weighted by molar-refractivity contribution is 5.92. The summed E-state index contributed by atoms with van der Waals surface area (Å²) >= 11 is 0. The van der Waals surface area contributed by atoms with Crippen molar-refractivity contribution in [2.24, 2.45) is 28.9 Å². The number of alkyl carbamates (subject to hydrolysis) is 1. The van der Waals surface area contributed by atoms with Crippen molar-refractivity contribution in [2.75, 3.05) is 13.7 Å². The molecule has 45 heavy (non-hydrogen) atoms. The van der Waals surface area contributed by atoms with Gasteiger partial charge in [-0.25, -0.2) is 14.8 Å². The molecular formula is C34H51N5O6. The van der Waals surface area contributed by atoms with Crippen LogP contribution in [0.4, 0.5) is 4.79 Å². The molecule has 2 fully saturated rings. The van der Waals surface area contributed by atoms with Gasteiger partial charge in [0.1, 0.15) is 29.6 Å². The molecule has 2 aliphatic rings. The number of aryl methyl sites for hydroxylation is 1. The van der Waals surface area contributed by atoms with Gasteiger partial charge in [0.05, 0.1) is 18.1 Å². The van der Waals surface area contributed by atoms with E-state index in [4.69, 9.17) is 15.2 Å². The van der Waals surface area contributed by atoms with Crippen LogP contribution in [0.5, 0.6) is 11.6 Å². The Morgan fingerprint density at radius 3 is 2.53 bits per heavy atom. The number of carbonyl (C=O) groups is 3. The third-order valence-electron chi connectivity index (χ3n) is 9.74. The van der Waals surface area contributed by atoms with Crippen molar-refractivity contribution in [3.05, 3.63) is 23.9 Å². The fraction of sp³-hybridized carbons (Fsp3) is 0.676. The van der Waals surface area contributed by atoms with E-state index in [-0.39, 0.29) is 29.7 Å². The van der Waals surface area contributed by atoms with Crippen molar-refractivity contribution in [3.8, 4) is 11.6 Å². The molecule has 11 heteroatoms. The highest BCUT2D eigenvalue weighted by Gasteiger charge is 2.45. The standard InChI is InChI=1S/C34H51N5O6/c1-7-21-17-18-39(28(21)30(35)40)32(42)29(34(3,4)5)38-33(43)45-27-16-13-20(2)23(27)11-9-8-10-12-25-31(41)37-26-19-22(44-6)14-15-24(26)36-25/h14-15,19-21,23,27-29H,7-13,16-18H2,1-6H3,(H2,35,40)(H,37,41)(H,38,43)/t20-,21+,23+,27+,28-,29+/m0/s1. The molecule has 11 nitrogen and oxygen atoms in total. The largest absolute Gasteiger partial charge is 0.497 e. The lowest BCUT2D eigenvalue weighted by Crippen LogP contribution is -2.58. The van der Waals surface area contributed by atoms with Crippen molar-refractivity contribution in [1.29, 1.82) is 0 Å². The first kappa shape index (κ1) is 34.2. The number of aromatic hydroxyl groups is 1. The summed E-state index contributed by atoms with van der Waals surface area (Å²) in [4.78, 5) is 49.6. The second-order valence-corrected chi connectivity index (χ2v) is 13.9. The Morgan fingerprint density at radius 2 is 1.87 bits per heavy atom. The van der Waals surface area contributed by atoms with Gasteiger partial charge in [-0.1, -0.05) is 53.9 Å². The SMILES string of the molecule is CC[C@@H]1CCN(C(=O)[C@@H](NC(=O)O[C@@H]2CC[C@H](C)[C@H]2CCCCCc2nc3ccc(OC)cc3nc2O)C(C)(C)C)[C@@H]1C(N)=O. The molecule has 1 aliphatic heterocycles. The summed E-state index contributed by atoms with van der Waals surface area (Å²) in [6.45, 7) is 10.3. The highest BCUT2D eigenvalue weighted by atomic mass is 16.6. The number of benzene rings is 1. The Balaban J connectivity index is 1.29. The number of hydrogen-bond acceptors (Lipinski definition) is 8. The Kier molecular flexibility index (Phi) is 11.1. The fourth-order valence-electron chi connectivity index (χ4n) is 7.06. The van der Waals surface area contributed by atoms with E-state index >= 15 is 0 Å². The molecule has 0 bridgehead atoms. The number of nitrogens with zero attached hydrogens (tertiary/aromatic N) is 3. The summed E-state index contributed by atoms with van der Waals surface area (Å²) in [6, 6.07) is 3.91. The van der Waals surface area contributed by atoms with E-state index in [9.17, 15) is 19.5 Å². The Labute approximate surface area is 266 Å². The quantitative estimate of drug-likeness (QED) is 0.275. The van der Waals surface area contributed by atoms with Crippen LogP contribution in [0.3, 0.4) is 0 Å². The maximum Gasteiger partial charge on any atom is 0.408 e. The average molecular weight is 626 g/mol. The van der Waals surface area contributed by atoms with E-state index in [1.165, 1.54) is 0 Å². The number of nitrogens with one attached hydrogen (secondary N) is 1. The van der Waals surface area contributed by atoms with E-state index in [0.717, 1.165) is 50.5 Å². The monoisotopic (exact) mass is 625 g/mol. The maximum absolute atomic E-state index is 13.7. The van der Waals surface area contributed by atoms with Gasteiger partial charge in [0.25, 0.3) is 0 Å². The Morgan fingerprint density at radius 1 is 1.11 bits per heavy atom. The number of carbonyl (C=O) groups excluding carboxylic acids is 3. The minimum atomic E-state index is -0.851. The lowest BCUT2D eigenvalue weighted by molar-refractivity contribution is -0.141. The number of methoxy groups -OCH3 is 1. The van der Waals surface area contributed by atoms with E-state index in [1.807, 2.05) is 39.8 Å². The van der Waals surface area contributed by atoms with Crippen LogP contribution < -0.4 is 15.8 Å². The number of amides is 3. The van der Waals surface area contributed by atoms with Crippen LogP contribution in [0.2, 0.25) is 0 Å². The molecule has 0 unspecified atom stereocenters. The van der Waals surface area contributed by atoms with Crippen LogP contribution in [0.1, 0.15) is 91.7 Å². The second-order valence-electron chi connectivity index (χ2n) is 13.9. The number of nitrogens with two attached hydrogens (primary N) is 1. The van der Waals surface area contributed by atoms with Crippen molar-refractivity contribution in [1.82, 2.24) is 20.2 Å². The van der Waals surface area contributed by atoms with Gasteiger partial charge in [-0.05, 0) is 73.8 Å². The smallest absolute Gasteiger partial charge is 0.408 e. The zero-order valence-electron chi connectivity index (χ0n) is 27.7. The van der Waals surface area contributed by atoms with Gasteiger partial charge in [-0.15, -0.1) is 0 Å². The van der Waals surface area contributed by atoms with Crippen LogP contribution in [0, 0.1) is 23.2 Å². The molecule has 0 radical (unpaired) electrons. The molecule has 1 saturated carbocycles. The molecule has 248 valence electrons. The lowest BCUT2D eigenvalue weighted by Gasteiger charge is -2.36. The van der Waals surface area contributed by atoms with Gasteiger partial charge in [0.15, 0.2) is 0 Å². The summed E-state index contributed by atoms with van der Waals surface area (Å²) in [6.07, 6.45) is 6.70. The van der Waals surface area contributed by atoms with Crippen molar-refractivity contribution in [2.45, 2.75) is 111 Å². The van der Waals surface area contributed by atoms with E-state index in [1.54, 1.807) is 18.1 Å². The Bertz CT molecular complexity index is 1360. The molecule has 3 amide bonds. The van der Waals surface area contributed by atoms with Crippen LogP contribution in [-0.2, 0) is 20.7 Å². The van der Waals surface area contributed by atoms with E-state index in [2.05, 4.69) is 22.2 Å². The summed E-state index contributed by atoms with van der Waals surface area (Å²) in [7, 11) is 1.59. The molecule has 1 aromatic carbocycles. The third-order valence-corrected chi connectivity index (χ3v) is 9.74. The first-order chi connectivity index (χ1) is 21.3. The third kappa shape index (κ3) is 8.16. The van der Waals surface area contributed by atoms with Gasteiger partial charge in [0.2, 0.25) is 17.7 Å². The number of hydrogen-bond donors (Lipinski definition) is 3. The molecule has 6 atom stereocenters. The molecule has 1 aliphatic carbocycles. The molecule has 4 rings (SSSR count). The molecule has 1 aromatic heterocycles. The fourth-order valence-corrected chi connectivity index (χ4v) is 7.06. The number of ether oxygens (including phenoxy) is 2. The highest BCUT2D eigenvalue weighted by Crippen LogP contribution is 2.38. The minimum Gasteiger partial charge on any atom is -0.497 e. The summed E-state index contributed by atoms with van der Waals surface area (Å²) < 4.78 is 11.2. The first-order valence-electron chi connectivity index (χ1n) is 16.4. The first-order valence-corrected chi connectivity index (χ1v) is 16.4. The summed E-state index contributed by atoms with van der Waals surface area (Å²) in [5, 5.41) is 13.3. The average Bonchev–Trinajstić information content (AvgIpc) is 3.58. The Hall–Kier alpha value is -3.63. The van der Waals surface area contributed by atoms with Crippen molar-refractivity contribution < 1.29 is 29.0 Å². The van der Waals surface area contributed by atoms with Gasteiger partial charge in [0, 0.05) is 12.6 Å². The van der Waals surface area contributed by atoms with Gasteiger partial charge in [-0.3, -0.25) is 9.59 Å². The van der Waals surface area contributed by atoms with Gasteiger partial charge in [-0.2, -0.15) is 0 Å². The predicted octanol–water partition coefficient (Wildman–Crippen LogP) is 5.11. The van der Waals surface area contributed by atoms with Crippen molar-refractivity contribution in [3.63, 3.8) is 0 Å². The molecule has 0 spiro atoms. The number of fused-ring (bicyclic) bond motifs is 1. The van der Waals surface area contributed by atoms with Crippen molar-refractivity contribution >= 4 is 28.9 Å². The number of unbranched alkanes of at least 4 members (excludes halogenated alkanes) is 2. The number of likely N-dealkylation sites (tertiary alicyclic amines) is 1. The maximum atomic E-state index is 13.7. The van der Waals surface area contributed by atoms with Gasteiger partial charge >= 0.3 is 6.09 Å². The molecular weight excluding hydrogens is 574 g/mol.